The lowest BCUT2D eigenvalue weighted by Gasteiger charge is -2.27. The van der Waals surface area contributed by atoms with Gasteiger partial charge in [-0.05, 0) is 38.6 Å². The maximum absolute atomic E-state index is 11.9. The molecule has 0 aliphatic carbocycles. The predicted octanol–water partition coefficient (Wildman–Crippen LogP) is 1.27. The number of H-pyrrole nitrogens is 1. The highest BCUT2D eigenvalue weighted by atomic mass is 16.1. The molecule has 0 aromatic carbocycles. The summed E-state index contributed by atoms with van der Waals surface area (Å²) in [7, 11) is 2.01. The Hall–Kier alpha value is -1.13. The summed E-state index contributed by atoms with van der Waals surface area (Å²) in [5, 5.41) is 3.50. The van der Waals surface area contributed by atoms with Crippen LogP contribution in [0.25, 0.3) is 0 Å². The Bertz CT molecular complexity index is 342. The summed E-state index contributed by atoms with van der Waals surface area (Å²) in [6.45, 7) is 2.55. The van der Waals surface area contributed by atoms with E-state index in [0.29, 0.717) is 18.3 Å². The van der Waals surface area contributed by atoms with E-state index in [4.69, 9.17) is 0 Å². The maximum Gasteiger partial charge on any atom is 0.192 e. The number of Topliss-reactive ketones (excluding diaryl/α,β-unsaturated/α-hetero) is 1. The molecule has 0 saturated carbocycles. The van der Waals surface area contributed by atoms with Crippen LogP contribution in [0.1, 0.15) is 29.8 Å². The van der Waals surface area contributed by atoms with E-state index in [1.165, 1.54) is 19.3 Å². The minimum absolute atomic E-state index is 0.160. The molecule has 1 aliphatic rings. The van der Waals surface area contributed by atoms with Crippen LogP contribution >= 0.6 is 0 Å². The summed E-state index contributed by atoms with van der Waals surface area (Å²) in [6.07, 6.45) is 5.59. The molecule has 4 heteroatoms. The molecule has 94 valence electrons. The molecule has 1 fully saturated rings. The summed E-state index contributed by atoms with van der Waals surface area (Å²) in [6, 6.07) is 4.23. The van der Waals surface area contributed by atoms with Gasteiger partial charge in [-0.2, -0.15) is 0 Å². The zero-order valence-corrected chi connectivity index (χ0v) is 10.4. The van der Waals surface area contributed by atoms with Crippen molar-refractivity contribution in [3.05, 3.63) is 24.0 Å². The number of nitrogens with zero attached hydrogens (tertiary/aromatic N) is 1. The molecule has 4 nitrogen and oxygen atoms in total. The highest BCUT2D eigenvalue weighted by Crippen LogP contribution is 2.08. The van der Waals surface area contributed by atoms with Gasteiger partial charge in [-0.1, -0.05) is 6.42 Å². The van der Waals surface area contributed by atoms with Crippen molar-refractivity contribution in [3.8, 4) is 0 Å². The molecule has 1 aromatic heterocycles. The van der Waals surface area contributed by atoms with Gasteiger partial charge in [0.1, 0.15) is 0 Å². The van der Waals surface area contributed by atoms with Crippen LogP contribution < -0.4 is 5.32 Å². The molecule has 2 rings (SSSR count). The minimum Gasteiger partial charge on any atom is -0.359 e. The van der Waals surface area contributed by atoms with Crippen molar-refractivity contribution in [2.45, 2.75) is 25.3 Å². The Morgan fingerprint density at radius 1 is 1.53 bits per heavy atom. The Morgan fingerprint density at radius 2 is 2.41 bits per heavy atom. The van der Waals surface area contributed by atoms with Gasteiger partial charge in [0.2, 0.25) is 0 Å². The van der Waals surface area contributed by atoms with Crippen molar-refractivity contribution in [1.29, 1.82) is 0 Å². The van der Waals surface area contributed by atoms with E-state index < -0.39 is 0 Å². The topological polar surface area (TPSA) is 48.1 Å². The van der Waals surface area contributed by atoms with Crippen LogP contribution in [0, 0.1) is 0 Å². The van der Waals surface area contributed by atoms with Crippen LogP contribution in [-0.2, 0) is 0 Å². The zero-order valence-electron chi connectivity index (χ0n) is 10.4. The van der Waals surface area contributed by atoms with E-state index in [2.05, 4.69) is 15.2 Å². The van der Waals surface area contributed by atoms with E-state index in [1.54, 1.807) is 6.20 Å². The molecule has 1 unspecified atom stereocenters. The molecule has 0 bridgehead atoms. The van der Waals surface area contributed by atoms with E-state index in [-0.39, 0.29) is 5.78 Å². The van der Waals surface area contributed by atoms with E-state index in [9.17, 15) is 4.79 Å². The number of hydrogen-bond donors (Lipinski definition) is 2. The SMILES string of the molecule is CN(CC(=O)c1ccc[nH]1)CC1CCCCN1. The fourth-order valence-corrected chi connectivity index (χ4v) is 2.35. The second-order valence-corrected chi connectivity index (χ2v) is 4.85. The molecule has 0 radical (unpaired) electrons. The molecule has 1 atom stereocenters. The number of ketones is 1. The molecule has 1 aromatic rings. The normalized spacial score (nSPS) is 20.7. The van der Waals surface area contributed by atoms with Crippen molar-refractivity contribution >= 4 is 5.78 Å². The van der Waals surface area contributed by atoms with Gasteiger partial charge in [0, 0.05) is 18.8 Å². The van der Waals surface area contributed by atoms with Gasteiger partial charge in [-0.25, -0.2) is 0 Å². The Morgan fingerprint density at radius 3 is 3.06 bits per heavy atom. The molecule has 0 amide bonds. The molecule has 2 heterocycles. The quantitative estimate of drug-likeness (QED) is 0.756. The minimum atomic E-state index is 0.160. The lowest BCUT2D eigenvalue weighted by atomic mass is 10.0. The molecule has 0 spiro atoms. The van der Waals surface area contributed by atoms with Gasteiger partial charge in [0.25, 0.3) is 0 Å². The van der Waals surface area contributed by atoms with Gasteiger partial charge in [-0.3, -0.25) is 9.69 Å². The Labute approximate surface area is 102 Å². The smallest absolute Gasteiger partial charge is 0.192 e. The fraction of sp³-hybridized carbons (Fsp3) is 0.615. The number of carbonyl (C=O) groups is 1. The molecule has 1 aliphatic heterocycles. The van der Waals surface area contributed by atoms with E-state index in [0.717, 1.165) is 13.1 Å². The standard InChI is InChI=1S/C13H21N3O/c1-16(9-11-5-2-3-7-14-11)10-13(17)12-6-4-8-15-12/h4,6,8,11,14-15H,2-3,5,7,9-10H2,1H3. The number of piperidine rings is 1. The van der Waals surface area contributed by atoms with Gasteiger partial charge in [0.15, 0.2) is 5.78 Å². The summed E-state index contributed by atoms with van der Waals surface area (Å²) >= 11 is 0. The van der Waals surface area contributed by atoms with Crippen molar-refractivity contribution < 1.29 is 4.79 Å². The lowest BCUT2D eigenvalue weighted by Crippen LogP contribution is -2.43. The zero-order chi connectivity index (χ0) is 12.1. The van der Waals surface area contributed by atoms with Gasteiger partial charge in [0.05, 0.1) is 12.2 Å². The van der Waals surface area contributed by atoms with Gasteiger partial charge in [-0.15, -0.1) is 0 Å². The average Bonchev–Trinajstić information content (AvgIpc) is 2.83. The Balaban J connectivity index is 1.76. The van der Waals surface area contributed by atoms with Crippen LogP contribution in [0.2, 0.25) is 0 Å². The summed E-state index contributed by atoms with van der Waals surface area (Å²) in [5.74, 6) is 0.160. The second kappa shape index (κ2) is 5.98. The molecular weight excluding hydrogens is 214 g/mol. The first-order valence-electron chi connectivity index (χ1n) is 6.34. The van der Waals surface area contributed by atoms with E-state index >= 15 is 0 Å². The fourth-order valence-electron chi connectivity index (χ4n) is 2.35. The average molecular weight is 235 g/mol. The van der Waals surface area contributed by atoms with Crippen molar-refractivity contribution in [1.82, 2.24) is 15.2 Å². The van der Waals surface area contributed by atoms with Crippen LogP contribution in [0.15, 0.2) is 18.3 Å². The first-order chi connectivity index (χ1) is 8.25. The Kier molecular flexibility index (Phi) is 4.34. The number of rotatable bonds is 5. The third kappa shape index (κ3) is 3.68. The molecule has 2 N–H and O–H groups in total. The number of nitrogens with one attached hydrogen (secondary N) is 2. The highest BCUT2D eigenvalue weighted by molar-refractivity contribution is 5.95. The van der Waals surface area contributed by atoms with Crippen LogP contribution in [0.3, 0.4) is 0 Å². The van der Waals surface area contributed by atoms with Crippen LogP contribution in [-0.4, -0.2) is 48.4 Å². The number of aromatic nitrogens is 1. The molecular formula is C13H21N3O. The first-order valence-corrected chi connectivity index (χ1v) is 6.34. The van der Waals surface area contributed by atoms with Crippen LogP contribution in [0.5, 0.6) is 0 Å². The summed E-state index contributed by atoms with van der Waals surface area (Å²) in [5.41, 5.74) is 0.702. The highest BCUT2D eigenvalue weighted by Gasteiger charge is 2.16. The second-order valence-electron chi connectivity index (χ2n) is 4.85. The monoisotopic (exact) mass is 235 g/mol. The predicted molar refractivity (Wildman–Crippen MR) is 68.3 cm³/mol. The van der Waals surface area contributed by atoms with E-state index in [1.807, 2.05) is 19.2 Å². The van der Waals surface area contributed by atoms with Gasteiger partial charge < -0.3 is 10.3 Å². The number of hydrogen-bond acceptors (Lipinski definition) is 3. The first kappa shape index (κ1) is 12.3. The summed E-state index contributed by atoms with van der Waals surface area (Å²) < 4.78 is 0. The molecule has 17 heavy (non-hydrogen) atoms. The number of aromatic amines is 1. The largest absolute Gasteiger partial charge is 0.359 e. The van der Waals surface area contributed by atoms with Crippen molar-refractivity contribution in [2.24, 2.45) is 0 Å². The molecule has 1 saturated heterocycles. The number of likely N-dealkylation sites (N-methyl/N-ethyl adjacent to an activating group) is 1. The van der Waals surface area contributed by atoms with Crippen molar-refractivity contribution in [2.75, 3.05) is 26.7 Å². The third-order valence-corrected chi connectivity index (χ3v) is 3.26. The maximum atomic E-state index is 11.9. The third-order valence-electron chi connectivity index (χ3n) is 3.26. The summed E-state index contributed by atoms with van der Waals surface area (Å²) in [4.78, 5) is 16.9. The van der Waals surface area contributed by atoms with Gasteiger partial charge >= 0.3 is 0 Å². The van der Waals surface area contributed by atoms with Crippen LogP contribution in [0.4, 0.5) is 0 Å². The lowest BCUT2D eigenvalue weighted by molar-refractivity contribution is 0.0934. The van der Waals surface area contributed by atoms with Crippen molar-refractivity contribution in [3.63, 3.8) is 0 Å². The number of carbonyl (C=O) groups excluding carboxylic acids is 1.